The van der Waals surface area contributed by atoms with Gasteiger partial charge in [0.2, 0.25) is 5.95 Å². The number of nitrogen functional groups attached to an aromatic ring is 1. The summed E-state index contributed by atoms with van der Waals surface area (Å²) in [5, 5.41) is 16.3. The van der Waals surface area contributed by atoms with Crippen LogP contribution < -0.4 is 20.7 Å². The molecule has 0 aliphatic carbocycles. The average molecular weight is 585 g/mol. The van der Waals surface area contributed by atoms with Crippen LogP contribution in [0.3, 0.4) is 0 Å². The number of esters is 1. The molecule has 1 aliphatic rings. The van der Waals surface area contributed by atoms with Gasteiger partial charge in [0.25, 0.3) is 0 Å². The van der Waals surface area contributed by atoms with Gasteiger partial charge in [-0.15, -0.1) is 0 Å². The highest BCUT2D eigenvalue weighted by Crippen LogP contribution is 2.48. The van der Waals surface area contributed by atoms with Crippen molar-refractivity contribution in [1.82, 2.24) is 24.6 Å². The van der Waals surface area contributed by atoms with E-state index in [0.717, 1.165) is 10.9 Å². The second kappa shape index (κ2) is 11.6. The van der Waals surface area contributed by atoms with Crippen LogP contribution in [0.5, 0.6) is 5.75 Å². The predicted molar refractivity (Wildman–Crippen MR) is 143 cm³/mol. The van der Waals surface area contributed by atoms with Gasteiger partial charge in [-0.25, -0.2) is 13.9 Å². The van der Waals surface area contributed by atoms with Crippen molar-refractivity contribution in [2.45, 2.75) is 63.9 Å². The summed E-state index contributed by atoms with van der Waals surface area (Å²) in [5.41, 5.74) is 2.43. The highest BCUT2D eigenvalue weighted by atomic mass is 31.2. The molecule has 0 unspecified atom stereocenters. The van der Waals surface area contributed by atoms with Gasteiger partial charge in [0, 0.05) is 11.2 Å². The SMILES string of the molecule is [2H]C([2H])([2H])[C@@]1(F)[C@H](O)[C@@H](CO[P@@](=O)(N[C@@H](C)C(=O)OC(C)C)Oc2ccccc2)O[C@H]1n1cnc2c(NC)nc(N)nc21. The number of para-hydroxylation sites is 1. The summed E-state index contributed by atoms with van der Waals surface area (Å²) in [6, 6.07) is 6.65. The van der Waals surface area contributed by atoms with Gasteiger partial charge in [0.1, 0.15) is 24.0 Å². The average Bonchev–Trinajstić information content (AvgIpc) is 3.45. The maximum absolute atomic E-state index is 16.6. The zero-order chi connectivity index (χ0) is 31.7. The summed E-state index contributed by atoms with van der Waals surface area (Å²) in [7, 11) is -2.92. The lowest BCUT2D eigenvalue weighted by atomic mass is 9.98. The van der Waals surface area contributed by atoms with E-state index in [0.29, 0.717) is 0 Å². The number of aliphatic hydroxyl groups is 1. The number of ether oxygens (including phenoxy) is 2. The lowest BCUT2D eigenvalue weighted by Crippen LogP contribution is -2.41. The number of fused-ring (bicyclic) bond motifs is 1. The van der Waals surface area contributed by atoms with E-state index in [4.69, 9.17) is 28.4 Å². The molecule has 0 amide bonds. The van der Waals surface area contributed by atoms with E-state index >= 15 is 4.39 Å². The summed E-state index contributed by atoms with van der Waals surface area (Å²) in [4.78, 5) is 24.6. The molecule has 16 heteroatoms. The lowest BCUT2D eigenvalue weighted by Gasteiger charge is -2.25. The number of aromatic nitrogens is 4. The topological polar surface area (TPSA) is 185 Å². The molecule has 0 radical (unpaired) electrons. The molecule has 2 aromatic heterocycles. The molecule has 218 valence electrons. The van der Waals surface area contributed by atoms with Gasteiger partial charge in [0.15, 0.2) is 28.9 Å². The van der Waals surface area contributed by atoms with E-state index in [-0.39, 0.29) is 28.7 Å². The Kier molecular flexibility index (Phi) is 7.44. The monoisotopic (exact) mass is 584 g/mol. The third-order valence-corrected chi connectivity index (χ3v) is 7.45. The second-order valence-corrected chi connectivity index (χ2v) is 11.0. The minimum Gasteiger partial charge on any atom is -0.462 e. The lowest BCUT2D eigenvalue weighted by molar-refractivity contribution is -0.149. The Hall–Kier alpha value is -3.36. The molecule has 0 saturated carbocycles. The molecule has 5 N–H and O–H groups in total. The van der Waals surface area contributed by atoms with Gasteiger partial charge in [-0.2, -0.15) is 15.1 Å². The van der Waals surface area contributed by atoms with Crippen LogP contribution in [0, 0.1) is 0 Å². The van der Waals surface area contributed by atoms with Gasteiger partial charge in [-0.05, 0) is 39.8 Å². The van der Waals surface area contributed by atoms with Gasteiger partial charge in [-0.1, -0.05) is 18.2 Å². The van der Waals surface area contributed by atoms with Crippen LogP contribution in [0.2, 0.25) is 0 Å². The molecular weight excluding hydrogens is 548 g/mol. The fourth-order valence-corrected chi connectivity index (χ4v) is 5.44. The summed E-state index contributed by atoms with van der Waals surface area (Å²) in [6.45, 7) is 0.380. The fourth-order valence-electron chi connectivity index (χ4n) is 3.94. The number of anilines is 2. The summed E-state index contributed by atoms with van der Waals surface area (Å²) in [5.74, 6) is -0.691. The molecule has 1 saturated heterocycles. The van der Waals surface area contributed by atoms with Crippen LogP contribution in [0.4, 0.5) is 16.2 Å². The van der Waals surface area contributed by atoms with Gasteiger partial charge in [-0.3, -0.25) is 13.9 Å². The number of alkyl halides is 1. The minimum absolute atomic E-state index is 0.0702. The summed E-state index contributed by atoms with van der Waals surface area (Å²) >= 11 is 0. The fraction of sp³-hybridized carbons (Fsp3) is 0.500. The number of carbonyl (C=O) groups is 1. The first-order valence-electron chi connectivity index (χ1n) is 13.8. The Morgan fingerprint density at radius 3 is 2.73 bits per heavy atom. The highest BCUT2D eigenvalue weighted by Gasteiger charge is 2.56. The van der Waals surface area contributed by atoms with Crippen LogP contribution in [-0.4, -0.2) is 74.3 Å². The van der Waals surface area contributed by atoms with Crippen molar-refractivity contribution in [3.05, 3.63) is 36.7 Å². The van der Waals surface area contributed by atoms with E-state index < -0.39 is 63.4 Å². The van der Waals surface area contributed by atoms with Gasteiger partial charge < -0.3 is 30.2 Å². The van der Waals surface area contributed by atoms with Gasteiger partial charge >= 0.3 is 13.7 Å². The van der Waals surface area contributed by atoms with Crippen molar-refractivity contribution in [3.8, 4) is 5.75 Å². The number of aliphatic hydroxyl groups excluding tert-OH is 1. The van der Waals surface area contributed by atoms with Crippen molar-refractivity contribution in [3.63, 3.8) is 0 Å². The van der Waals surface area contributed by atoms with Crippen molar-refractivity contribution in [2.75, 3.05) is 24.7 Å². The number of nitrogens with one attached hydrogen (secondary N) is 2. The third-order valence-electron chi connectivity index (χ3n) is 5.81. The Labute approximate surface area is 234 Å². The minimum atomic E-state index is -4.46. The first-order chi connectivity index (χ1) is 20.1. The number of halogens is 1. The van der Waals surface area contributed by atoms with Crippen molar-refractivity contribution in [1.29, 1.82) is 0 Å². The molecule has 1 fully saturated rings. The molecule has 6 atom stereocenters. The van der Waals surface area contributed by atoms with Crippen molar-refractivity contribution >= 4 is 36.6 Å². The quantitative estimate of drug-likeness (QED) is 0.191. The molecule has 4 rings (SSSR count). The molecule has 40 heavy (non-hydrogen) atoms. The zero-order valence-corrected chi connectivity index (χ0v) is 23.0. The first kappa shape index (κ1) is 25.6. The van der Waals surface area contributed by atoms with Crippen LogP contribution in [0.15, 0.2) is 36.7 Å². The van der Waals surface area contributed by atoms with E-state index in [1.807, 2.05) is 0 Å². The predicted octanol–water partition coefficient (Wildman–Crippen LogP) is 2.57. The first-order valence-corrected chi connectivity index (χ1v) is 13.8. The van der Waals surface area contributed by atoms with Crippen LogP contribution in [0.25, 0.3) is 11.2 Å². The Balaban J connectivity index is 1.65. The zero-order valence-electron chi connectivity index (χ0n) is 25.1. The van der Waals surface area contributed by atoms with Gasteiger partial charge in [0.05, 0.1) is 19.0 Å². The number of hydrogen-bond donors (Lipinski definition) is 4. The number of benzene rings is 1. The smallest absolute Gasteiger partial charge is 0.459 e. The third kappa shape index (κ3) is 6.18. The number of carbonyl (C=O) groups excluding carboxylic acids is 1. The Bertz CT molecular complexity index is 1500. The Morgan fingerprint density at radius 2 is 2.08 bits per heavy atom. The van der Waals surface area contributed by atoms with Crippen LogP contribution >= 0.6 is 7.75 Å². The molecule has 1 aliphatic heterocycles. The molecular formula is C24H33FN7O7P. The molecule has 0 spiro atoms. The summed E-state index contributed by atoms with van der Waals surface area (Å²) in [6.07, 6.45) is -5.40. The van der Waals surface area contributed by atoms with Crippen molar-refractivity contribution < 1.29 is 41.5 Å². The van der Waals surface area contributed by atoms with Crippen LogP contribution in [0.1, 0.15) is 38.0 Å². The molecule has 0 bridgehead atoms. The van der Waals surface area contributed by atoms with E-state index in [2.05, 4.69) is 25.4 Å². The molecule has 3 aromatic rings. The molecule has 14 nitrogen and oxygen atoms in total. The summed E-state index contributed by atoms with van der Waals surface area (Å²) < 4.78 is 77.2. The molecule has 1 aromatic carbocycles. The van der Waals surface area contributed by atoms with E-state index in [1.54, 1.807) is 39.1 Å². The number of nitrogens with two attached hydrogens (primary N) is 1. The maximum atomic E-state index is 16.6. The standard InChI is InChI=1S/C24H33FN7O7P/c1-13(2)37-21(34)14(3)31-40(35,39-15-9-7-6-8-10-15)36-11-16-18(33)24(4,25)22(38-16)32-12-28-17-19(27-5)29-23(26)30-20(17)32/h6-10,12-14,16,18,22,33H,11H2,1-5H3,(H,31,35)(H3,26,27,29,30)/t14-,16+,18+,22+,24+,40-/m0/s1/i4D3. The normalized spacial score (nSPS) is 26.5. The number of hydrogen-bond acceptors (Lipinski definition) is 12. The Morgan fingerprint density at radius 1 is 1.35 bits per heavy atom. The number of nitrogens with zero attached hydrogens (tertiary/aromatic N) is 4. The largest absolute Gasteiger partial charge is 0.462 e. The highest BCUT2D eigenvalue weighted by molar-refractivity contribution is 7.52. The van der Waals surface area contributed by atoms with E-state index in [1.165, 1.54) is 19.1 Å². The van der Waals surface area contributed by atoms with Crippen LogP contribution in [-0.2, 0) is 23.4 Å². The number of imidazole rings is 1. The maximum Gasteiger partial charge on any atom is 0.459 e. The van der Waals surface area contributed by atoms with E-state index in [9.17, 15) is 14.5 Å². The number of rotatable bonds is 11. The second-order valence-electron chi connectivity index (χ2n) is 9.28. The van der Waals surface area contributed by atoms with Crippen molar-refractivity contribution in [2.24, 2.45) is 0 Å². The molecule has 3 heterocycles.